The highest BCUT2D eigenvalue weighted by atomic mass is 35.5. The average Bonchev–Trinajstić information content (AvgIpc) is 3.13. The van der Waals surface area contributed by atoms with E-state index < -0.39 is 5.91 Å². The van der Waals surface area contributed by atoms with Gasteiger partial charge in [-0.15, -0.1) is 0 Å². The first kappa shape index (κ1) is 35.5. The molecule has 1 aromatic heterocycles. The highest BCUT2D eigenvalue weighted by Gasteiger charge is 2.21. The number of aromatic nitrogens is 2. The molecule has 1 amide bonds. The van der Waals surface area contributed by atoms with E-state index in [1.54, 1.807) is 25.3 Å². The van der Waals surface area contributed by atoms with Crippen LogP contribution in [0.3, 0.4) is 0 Å². The van der Waals surface area contributed by atoms with Crippen molar-refractivity contribution in [3.63, 3.8) is 0 Å². The van der Waals surface area contributed by atoms with Crippen LogP contribution in [0.15, 0.2) is 66.9 Å². The molecule has 0 unspecified atom stereocenters. The third-order valence-corrected chi connectivity index (χ3v) is 9.25. The number of ether oxygens (including phenoxy) is 3. The number of benzene rings is 3. The Labute approximate surface area is 302 Å². The van der Waals surface area contributed by atoms with Crippen molar-refractivity contribution in [2.45, 2.75) is 6.42 Å². The van der Waals surface area contributed by atoms with E-state index in [1.165, 1.54) is 6.20 Å². The van der Waals surface area contributed by atoms with Crippen LogP contribution in [0.25, 0.3) is 0 Å². The first-order chi connectivity index (χ1) is 24.4. The normalized spacial score (nSPS) is 15.4. The summed E-state index contributed by atoms with van der Waals surface area (Å²) in [5.41, 5.74) is 2.13. The third kappa shape index (κ3) is 9.26. The molecule has 3 N–H and O–H groups in total. The molecule has 3 heterocycles. The summed E-state index contributed by atoms with van der Waals surface area (Å²) < 4.78 is 17.9. The fraction of sp³-hybridized carbons (Fsp3) is 0.361. The van der Waals surface area contributed by atoms with Gasteiger partial charge in [-0.25, -0.2) is 4.98 Å². The summed E-state index contributed by atoms with van der Waals surface area (Å²) in [5, 5.41) is 9.93. The predicted octanol–water partition coefficient (Wildman–Crippen LogP) is 6.01. The maximum atomic E-state index is 13.5. The number of para-hydroxylation sites is 1. The number of nitrogens with zero attached hydrogens (tertiary/aromatic N) is 5. The van der Waals surface area contributed by atoms with Crippen LogP contribution in [0.5, 0.6) is 23.1 Å². The number of halogens is 2. The van der Waals surface area contributed by atoms with Gasteiger partial charge in [0.05, 0.1) is 29.4 Å². The van der Waals surface area contributed by atoms with Gasteiger partial charge in [-0.2, -0.15) is 4.98 Å². The third-order valence-electron chi connectivity index (χ3n) is 8.63. The monoisotopic (exact) mass is 720 g/mol. The van der Waals surface area contributed by atoms with Crippen LogP contribution in [-0.4, -0.2) is 105 Å². The Bertz CT molecular complexity index is 1730. The Morgan fingerprint density at radius 2 is 1.68 bits per heavy atom. The maximum absolute atomic E-state index is 13.5. The summed E-state index contributed by atoms with van der Waals surface area (Å²) in [7, 11) is 3.76. The van der Waals surface area contributed by atoms with Gasteiger partial charge >= 0.3 is 0 Å². The van der Waals surface area contributed by atoms with Crippen molar-refractivity contribution in [3.05, 3.63) is 82.5 Å². The van der Waals surface area contributed by atoms with E-state index in [0.29, 0.717) is 39.6 Å². The Kier molecular flexibility index (Phi) is 12.1. The summed E-state index contributed by atoms with van der Waals surface area (Å²) in [4.78, 5) is 29.7. The number of amides is 1. The van der Waals surface area contributed by atoms with Gasteiger partial charge < -0.3 is 44.9 Å². The molecule has 0 radical (unpaired) electrons. The molecule has 50 heavy (non-hydrogen) atoms. The van der Waals surface area contributed by atoms with E-state index in [0.717, 1.165) is 71.0 Å². The Balaban J connectivity index is 1.17. The molecule has 264 valence electrons. The van der Waals surface area contributed by atoms with Crippen LogP contribution in [0, 0.1) is 0 Å². The van der Waals surface area contributed by atoms with Crippen LogP contribution in [0.4, 0.5) is 23.0 Å². The Morgan fingerprint density at radius 3 is 2.40 bits per heavy atom. The molecule has 12 nitrogen and oxygen atoms in total. The van der Waals surface area contributed by atoms with E-state index in [-0.39, 0.29) is 23.1 Å². The lowest BCUT2D eigenvalue weighted by Gasteiger charge is -2.32. The second-order valence-electron chi connectivity index (χ2n) is 12.1. The number of anilines is 4. The van der Waals surface area contributed by atoms with Crippen LogP contribution >= 0.6 is 23.2 Å². The van der Waals surface area contributed by atoms with Gasteiger partial charge in [0, 0.05) is 82.5 Å². The minimum atomic E-state index is -0.533. The number of methoxy groups -OCH3 is 1. The van der Waals surface area contributed by atoms with Gasteiger partial charge in [0.2, 0.25) is 11.8 Å². The van der Waals surface area contributed by atoms with Crippen molar-refractivity contribution in [1.82, 2.24) is 25.1 Å². The number of rotatable bonds is 13. The molecule has 0 spiro atoms. The quantitative estimate of drug-likeness (QED) is 0.141. The van der Waals surface area contributed by atoms with Crippen molar-refractivity contribution in [1.29, 1.82) is 0 Å². The lowest BCUT2D eigenvalue weighted by molar-refractivity contribution is 0.102. The molecular weight excluding hydrogens is 679 g/mol. The molecular formula is C36H42Cl2N8O4. The van der Waals surface area contributed by atoms with E-state index in [2.05, 4.69) is 47.7 Å². The smallest absolute Gasteiger partial charge is 0.262 e. The molecule has 2 saturated heterocycles. The standard InChI is InChI=1S/C36H42Cl2N8O4/c1-44-18-20-45(21-19-44)15-4-22-49-31-12-7-25(23-32(31)48-2)41-36-40-24-28(34(47)42-33-29(37)5-3-6-30(33)38)35(43-36)50-27-10-8-26(9-11-27)46-16-13-39-14-17-46/h3,5-12,23-24,39H,4,13-22H2,1-2H3,(H,42,47)(H,40,41,43). The van der Waals surface area contributed by atoms with Crippen molar-refractivity contribution in [2.75, 3.05) is 95.2 Å². The van der Waals surface area contributed by atoms with Gasteiger partial charge in [-0.1, -0.05) is 29.3 Å². The zero-order chi connectivity index (χ0) is 34.9. The van der Waals surface area contributed by atoms with Crippen LogP contribution in [-0.2, 0) is 0 Å². The van der Waals surface area contributed by atoms with Crippen molar-refractivity contribution >= 4 is 52.1 Å². The number of hydrogen-bond acceptors (Lipinski definition) is 11. The lowest BCUT2D eigenvalue weighted by atomic mass is 10.2. The first-order valence-electron chi connectivity index (χ1n) is 16.7. The summed E-state index contributed by atoms with van der Waals surface area (Å²) in [5.74, 6) is 1.46. The van der Waals surface area contributed by atoms with E-state index in [9.17, 15) is 4.79 Å². The molecule has 0 atom stereocenters. The van der Waals surface area contributed by atoms with Gasteiger partial charge in [0.1, 0.15) is 11.3 Å². The van der Waals surface area contributed by atoms with Crippen molar-refractivity contribution in [2.24, 2.45) is 0 Å². The van der Waals surface area contributed by atoms with Crippen LogP contribution in [0.2, 0.25) is 10.0 Å². The van der Waals surface area contributed by atoms with Gasteiger partial charge in [0.25, 0.3) is 5.91 Å². The molecule has 2 aliphatic heterocycles. The fourth-order valence-electron chi connectivity index (χ4n) is 5.75. The highest BCUT2D eigenvalue weighted by molar-refractivity contribution is 6.40. The summed E-state index contributed by atoms with van der Waals surface area (Å²) in [6, 6.07) is 18.2. The SMILES string of the molecule is COc1cc(Nc2ncc(C(=O)Nc3c(Cl)cccc3Cl)c(Oc3ccc(N4CCNCC4)cc3)n2)ccc1OCCCN1CCN(C)CC1. The van der Waals surface area contributed by atoms with Crippen LogP contribution < -0.4 is 35.1 Å². The summed E-state index contributed by atoms with van der Waals surface area (Å²) in [6.07, 6.45) is 2.32. The molecule has 2 fully saturated rings. The van der Waals surface area contributed by atoms with Crippen molar-refractivity contribution in [3.8, 4) is 23.1 Å². The second kappa shape index (κ2) is 17.1. The molecule has 0 aliphatic carbocycles. The zero-order valence-electron chi connectivity index (χ0n) is 28.3. The number of carbonyl (C=O) groups excluding carboxylic acids is 1. The number of piperazine rings is 2. The number of likely N-dealkylation sites (N-methyl/N-ethyl adjacent to an activating group) is 1. The van der Waals surface area contributed by atoms with Gasteiger partial charge in [-0.3, -0.25) is 4.79 Å². The van der Waals surface area contributed by atoms with Crippen molar-refractivity contribution < 1.29 is 19.0 Å². The van der Waals surface area contributed by atoms with E-state index in [1.807, 2.05) is 42.5 Å². The molecule has 2 aliphatic rings. The minimum Gasteiger partial charge on any atom is -0.493 e. The van der Waals surface area contributed by atoms with Gasteiger partial charge in [0.15, 0.2) is 11.5 Å². The first-order valence-corrected chi connectivity index (χ1v) is 17.5. The maximum Gasteiger partial charge on any atom is 0.262 e. The average molecular weight is 722 g/mol. The molecule has 0 saturated carbocycles. The molecule has 3 aromatic carbocycles. The number of hydrogen-bond donors (Lipinski definition) is 3. The molecule has 6 rings (SSSR count). The topological polar surface area (TPSA) is 116 Å². The Hall–Kier alpha value is -4.33. The Morgan fingerprint density at radius 1 is 0.940 bits per heavy atom. The minimum absolute atomic E-state index is 0.0466. The summed E-state index contributed by atoms with van der Waals surface area (Å²) >= 11 is 12.7. The molecule has 0 bridgehead atoms. The zero-order valence-corrected chi connectivity index (χ0v) is 29.8. The van der Waals surface area contributed by atoms with E-state index >= 15 is 0 Å². The molecule has 14 heteroatoms. The molecule has 4 aromatic rings. The fourth-order valence-corrected chi connectivity index (χ4v) is 6.25. The number of nitrogens with one attached hydrogen (secondary N) is 3. The van der Waals surface area contributed by atoms with Gasteiger partial charge in [-0.05, 0) is 62.0 Å². The largest absolute Gasteiger partial charge is 0.493 e. The van der Waals surface area contributed by atoms with E-state index in [4.69, 9.17) is 37.4 Å². The highest BCUT2D eigenvalue weighted by Crippen LogP contribution is 2.34. The lowest BCUT2D eigenvalue weighted by Crippen LogP contribution is -2.44. The number of carbonyl (C=O) groups is 1. The summed E-state index contributed by atoms with van der Waals surface area (Å²) in [6.45, 7) is 9.64. The van der Waals surface area contributed by atoms with Crippen LogP contribution in [0.1, 0.15) is 16.8 Å². The second-order valence-corrected chi connectivity index (χ2v) is 12.9. The predicted molar refractivity (Wildman–Crippen MR) is 198 cm³/mol.